The molecule has 0 radical (unpaired) electrons. The van der Waals surface area contributed by atoms with Crippen LogP contribution in [0.3, 0.4) is 0 Å². The Kier molecular flexibility index (Phi) is 2.90. The van der Waals surface area contributed by atoms with E-state index in [-0.39, 0.29) is 5.43 Å². The molecule has 0 amide bonds. The van der Waals surface area contributed by atoms with Crippen molar-refractivity contribution in [2.75, 3.05) is 18.0 Å². The van der Waals surface area contributed by atoms with Crippen LogP contribution in [-0.2, 0) is 0 Å². The highest BCUT2D eigenvalue weighted by atomic mass is 79.9. The van der Waals surface area contributed by atoms with Crippen molar-refractivity contribution in [1.29, 1.82) is 0 Å². The van der Waals surface area contributed by atoms with E-state index in [1.807, 2.05) is 19.1 Å². The maximum Gasteiger partial charge on any atom is 0.216 e. The molecule has 0 spiro atoms. The molecule has 0 aliphatic carbocycles. The predicted octanol–water partition coefficient (Wildman–Crippen LogP) is 3.46. The van der Waals surface area contributed by atoms with Crippen molar-refractivity contribution in [3.63, 3.8) is 0 Å². The van der Waals surface area contributed by atoms with Crippen LogP contribution in [0.4, 0.5) is 5.69 Å². The summed E-state index contributed by atoms with van der Waals surface area (Å²) in [5.41, 5.74) is 2.45. The summed E-state index contributed by atoms with van der Waals surface area (Å²) in [5, 5.41) is 0.659. The molecule has 0 N–H and O–H groups in total. The van der Waals surface area contributed by atoms with E-state index >= 15 is 0 Å². The smallest absolute Gasteiger partial charge is 0.216 e. The maximum absolute atomic E-state index is 12.5. The number of halogens is 1. The van der Waals surface area contributed by atoms with Crippen LogP contribution in [0.15, 0.2) is 32.1 Å². The van der Waals surface area contributed by atoms with Crippen molar-refractivity contribution >= 4 is 32.6 Å². The topological polar surface area (TPSA) is 33.5 Å². The predicted molar refractivity (Wildman–Crippen MR) is 76.4 cm³/mol. The van der Waals surface area contributed by atoms with Crippen molar-refractivity contribution in [3.05, 3.63) is 38.7 Å². The van der Waals surface area contributed by atoms with Gasteiger partial charge in [-0.2, -0.15) is 0 Å². The first-order chi connectivity index (χ1) is 8.66. The Balaban J connectivity index is 2.25. The van der Waals surface area contributed by atoms with Crippen molar-refractivity contribution < 1.29 is 4.42 Å². The van der Waals surface area contributed by atoms with E-state index in [0.717, 1.165) is 36.0 Å². The van der Waals surface area contributed by atoms with Gasteiger partial charge in [-0.25, -0.2) is 0 Å². The molecule has 0 bridgehead atoms. The zero-order valence-electron chi connectivity index (χ0n) is 10.2. The van der Waals surface area contributed by atoms with Crippen LogP contribution in [0, 0.1) is 6.92 Å². The molecule has 1 saturated heterocycles. The van der Waals surface area contributed by atoms with Crippen LogP contribution < -0.4 is 10.3 Å². The lowest BCUT2D eigenvalue weighted by molar-refractivity contribution is 0.598. The second-order valence-corrected chi connectivity index (χ2v) is 5.62. The highest BCUT2D eigenvalue weighted by Gasteiger charge is 2.18. The van der Waals surface area contributed by atoms with E-state index in [9.17, 15) is 4.79 Å². The second kappa shape index (κ2) is 4.43. The lowest BCUT2D eigenvalue weighted by Gasteiger charge is -2.16. The summed E-state index contributed by atoms with van der Waals surface area (Å²) in [6.45, 7) is 3.87. The molecule has 1 aromatic carbocycles. The van der Waals surface area contributed by atoms with Crippen molar-refractivity contribution in [3.8, 4) is 0 Å². The van der Waals surface area contributed by atoms with Gasteiger partial charge in [-0.15, -0.1) is 0 Å². The monoisotopic (exact) mass is 307 g/mol. The van der Waals surface area contributed by atoms with E-state index in [0.29, 0.717) is 16.7 Å². The highest BCUT2D eigenvalue weighted by molar-refractivity contribution is 9.10. The van der Waals surface area contributed by atoms with Gasteiger partial charge in [0.25, 0.3) is 0 Å². The van der Waals surface area contributed by atoms with Gasteiger partial charge < -0.3 is 9.32 Å². The third-order valence-corrected chi connectivity index (χ3v) is 3.99. The van der Waals surface area contributed by atoms with Crippen LogP contribution in [-0.4, -0.2) is 13.1 Å². The fraction of sp³-hybridized carbons (Fsp3) is 0.357. The fourth-order valence-electron chi connectivity index (χ4n) is 2.50. The van der Waals surface area contributed by atoms with Gasteiger partial charge in [0.2, 0.25) is 5.43 Å². The lowest BCUT2D eigenvalue weighted by Crippen LogP contribution is -2.24. The Morgan fingerprint density at radius 3 is 2.72 bits per heavy atom. The molecule has 3 rings (SSSR count). The Bertz CT molecular complexity index is 657. The summed E-state index contributed by atoms with van der Waals surface area (Å²) in [4.78, 5) is 14.6. The number of aryl methyl sites for hydroxylation is 1. The SMILES string of the molecule is Cc1cc(Br)c2occ(N3CCCC3)c(=O)c2c1. The van der Waals surface area contributed by atoms with Gasteiger partial charge in [-0.1, -0.05) is 0 Å². The van der Waals surface area contributed by atoms with Crippen molar-refractivity contribution in [2.45, 2.75) is 19.8 Å². The first-order valence-corrected chi connectivity index (χ1v) is 6.93. The van der Waals surface area contributed by atoms with Gasteiger partial charge in [-0.3, -0.25) is 4.79 Å². The molecule has 3 nitrogen and oxygen atoms in total. The molecule has 2 heterocycles. The minimum absolute atomic E-state index is 0.0718. The number of anilines is 1. The molecule has 1 aliphatic heterocycles. The summed E-state index contributed by atoms with van der Waals surface area (Å²) in [6, 6.07) is 3.85. The summed E-state index contributed by atoms with van der Waals surface area (Å²) in [5.74, 6) is 0. The van der Waals surface area contributed by atoms with E-state index < -0.39 is 0 Å². The van der Waals surface area contributed by atoms with Crippen LogP contribution in [0.1, 0.15) is 18.4 Å². The molecule has 1 aliphatic rings. The molecular formula is C14H14BrNO2. The van der Waals surface area contributed by atoms with E-state index in [1.165, 1.54) is 0 Å². The summed E-state index contributed by atoms with van der Waals surface area (Å²) < 4.78 is 6.47. The quantitative estimate of drug-likeness (QED) is 0.809. The molecule has 1 fully saturated rings. The van der Waals surface area contributed by atoms with Gasteiger partial charge in [-0.05, 0) is 53.4 Å². The Labute approximate surface area is 114 Å². The van der Waals surface area contributed by atoms with Crippen molar-refractivity contribution in [1.82, 2.24) is 0 Å². The molecule has 2 aromatic rings. The first-order valence-electron chi connectivity index (χ1n) is 6.13. The number of benzene rings is 1. The third-order valence-electron chi connectivity index (χ3n) is 3.40. The summed E-state index contributed by atoms with van der Waals surface area (Å²) >= 11 is 3.44. The van der Waals surface area contributed by atoms with Crippen LogP contribution in [0.5, 0.6) is 0 Å². The largest absolute Gasteiger partial charge is 0.461 e. The van der Waals surface area contributed by atoms with E-state index in [1.54, 1.807) is 6.26 Å². The summed E-state index contributed by atoms with van der Waals surface area (Å²) in [6.07, 6.45) is 3.89. The molecule has 18 heavy (non-hydrogen) atoms. The second-order valence-electron chi connectivity index (χ2n) is 4.77. The molecular weight excluding hydrogens is 294 g/mol. The van der Waals surface area contributed by atoms with Crippen LogP contribution in [0.2, 0.25) is 0 Å². The van der Waals surface area contributed by atoms with Gasteiger partial charge in [0, 0.05) is 13.1 Å². The summed E-state index contributed by atoms with van der Waals surface area (Å²) in [7, 11) is 0. The molecule has 0 unspecified atom stereocenters. The Morgan fingerprint density at radius 1 is 1.28 bits per heavy atom. The number of hydrogen-bond acceptors (Lipinski definition) is 3. The lowest BCUT2D eigenvalue weighted by atomic mass is 10.1. The molecule has 0 saturated carbocycles. The maximum atomic E-state index is 12.5. The van der Waals surface area contributed by atoms with Crippen LogP contribution >= 0.6 is 15.9 Å². The number of rotatable bonds is 1. The standard InChI is InChI=1S/C14H14BrNO2/c1-9-6-10-13(17)12(16-4-2-3-5-16)8-18-14(10)11(15)7-9/h6-8H,2-5H2,1H3. The zero-order chi connectivity index (χ0) is 12.7. The van der Waals surface area contributed by atoms with E-state index in [4.69, 9.17) is 4.42 Å². The van der Waals surface area contributed by atoms with Gasteiger partial charge >= 0.3 is 0 Å². The minimum atomic E-state index is 0.0718. The molecule has 0 atom stereocenters. The number of hydrogen-bond donors (Lipinski definition) is 0. The molecule has 94 valence electrons. The Hall–Kier alpha value is -1.29. The number of nitrogens with zero attached hydrogens (tertiary/aromatic N) is 1. The van der Waals surface area contributed by atoms with E-state index in [2.05, 4.69) is 20.8 Å². The molecule has 4 heteroatoms. The average molecular weight is 308 g/mol. The van der Waals surface area contributed by atoms with Gasteiger partial charge in [0.1, 0.15) is 12.0 Å². The average Bonchev–Trinajstić information content (AvgIpc) is 2.84. The normalized spacial score (nSPS) is 15.6. The van der Waals surface area contributed by atoms with Crippen molar-refractivity contribution in [2.24, 2.45) is 0 Å². The van der Waals surface area contributed by atoms with Gasteiger partial charge in [0.15, 0.2) is 5.58 Å². The highest BCUT2D eigenvalue weighted by Crippen LogP contribution is 2.26. The first kappa shape index (κ1) is 11.8. The van der Waals surface area contributed by atoms with Crippen LogP contribution in [0.25, 0.3) is 11.0 Å². The Morgan fingerprint density at radius 2 is 2.00 bits per heavy atom. The fourth-order valence-corrected chi connectivity index (χ4v) is 3.17. The van der Waals surface area contributed by atoms with Gasteiger partial charge in [0.05, 0.1) is 9.86 Å². The number of fused-ring (bicyclic) bond motifs is 1. The zero-order valence-corrected chi connectivity index (χ0v) is 11.8. The third kappa shape index (κ3) is 1.85. The minimum Gasteiger partial charge on any atom is -0.461 e. The molecule has 1 aromatic heterocycles.